The maximum absolute atomic E-state index is 12.2. The first kappa shape index (κ1) is 13.8. The Labute approximate surface area is 109 Å². The van der Waals surface area contributed by atoms with Crippen molar-refractivity contribution in [3.05, 3.63) is 0 Å². The molecule has 0 aromatic rings. The van der Waals surface area contributed by atoms with Crippen LogP contribution in [0.25, 0.3) is 0 Å². The van der Waals surface area contributed by atoms with Gasteiger partial charge in [-0.15, -0.1) is 0 Å². The SMILES string of the molecule is CN(C)CC(=O)N1CCOC[C@@H]1[C@H]1CCC[C@H]1O. The Morgan fingerprint density at radius 2 is 2.22 bits per heavy atom. The summed E-state index contributed by atoms with van der Waals surface area (Å²) in [4.78, 5) is 16.0. The van der Waals surface area contributed by atoms with E-state index in [-0.39, 0.29) is 24.0 Å². The van der Waals surface area contributed by atoms with Crippen molar-refractivity contribution in [2.24, 2.45) is 5.92 Å². The van der Waals surface area contributed by atoms with E-state index in [1.165, 1.54) is 0 Å². The molecule has 18 heavy (non-hydrogen) atoms. The monoisotopic (exact) mass is 256 g/mol. The Balaban J connectivity index is 2.03. The van der Waals surface area contributed by atoms with E-state index >= 15 is 0 Å². The lowest BCUT2D eigenvalue weighted by Gasteiger charge is -2.40. The minimum absolute atomic E-state index is 0.0590. The highest BCUT2D eigenvalue weighted by atomic mass is 16.5. The molecule has 1 N–H and O–H groups in total. The number of hydrogen-bond acceptors (Lipinski definition) is 4. The normalized spacial score (nSPS) is 33.1. The number of rotatable bonds is 3. The van der Waals surface area contributed by atoms with Gasteiger partial charge in [-0.25, -0.2) is 0 Å². The smallest absolute Gasteiger partial charge is 0.237 e. The Morgan fingerprint density at radius 1 is 1.44 bits per heavy atom. The number of nitrogens with zero attached hydrogens (tertiary/aromatic N) is 2. The van der Waals surface area contributed by atoms with Gasteiger partial charge in [-0.3, -0.25) is 4.79 Å². The molecule has 0 radical (unpaired) electrons. The highest BCUT2D eigenvalue weighted by Crippen LogP contribution is 2.32. The van der Waals surface area contributed by atoms with Gasteiger partial charge in [-0.05, 0) is 26.9 Å². The predicted molar refractivity (Wildman–Crippen MR) is 68.2 cm³/mol. The van der Waals surface area contributed by atoms with Crippen LogP contribution in [0.1, 0.15) is 19.3 Å². The average Bonchev–Trinajstić information content (AvgIpc) is 2.74. The van der Waals surface area contributed by atoms with Crippen LogP contribution in [0.4, 0.5) is 0 Å². The fourth-order valence-corrected chi connectivity index (χ4v) is 3.07. The van der Waals surface area contributed by atoms with Crippen molar-refractivity contribution in [2.75, 3.05) is 40.4 Å². The fraction of sp³-hybridized carbons (Fsp3) is 0.923. The van der Waals surface area contributed by atoms with E-state index in [1.54, 1.807) is 0 Å². The third kappa shape index (κ3) is 3.02. The first-order valence-electron chi connectivity index (χ1n) is 6.79. The molecule has 1 aliphatic carbocycles. The maximum atomic E-state index is 12.2. The quantitative estimate of drug-likeness (QED) is 0.768. The van der Waals surface area contributed by atoms with Crippen molar-refractivity contribution >= 4 is 5.91 Å². The van der Waals surface area contributed by atoms with E-state index in [0.29, 0.717) is 26.3 Å². The summed E-state index contributed by atoms with van der Waals surface area (Å²) >= 11 is 0. The summed E-state index contributed by atoms with van der Waals surface area (Å²) < 4.78 is 5.51. The molecule has 0 bridgehead atoms. The van der Waals surface area contributed by atoms with Gasteiger partial charge in [0.25, 0.3) is 0 Å². The van der Waals surface area contributed by atoms with Crippen molar-refractivity contribution in [3.63, 3.8) is 0 Å². The van der Waals surface area contributed by atoms with Crippen molar-refractivity contribution in [1.29, 1.82) is 0 Å². The number of hydrogen-bond donors (Lipinski definition) is 1. The minimum Gasteiger partial charge on any atom is -0.393 e. The van der Waals surface area contributed by atoms with Gasteiger partial charge < -0.3 is 19.6 Å². The zero-order chi connectivity index (χ0) is 13.1. The van der Waals surface area contributed by atoms with Crippen LogP contribution in [0.2, 0.25) is 0 Å². The highest BCUT2D eigenvalue weighted by molar-refractivity contribution is 5.78. The molecule has 0 aromatic heterocycles. The lowest BCUT2D eigenvalue weighted by Crippen LogP contribution is -2.55. The second-order valence-electron chi connectivity index (χ2n) is 5.63. The van der Waals surface area contributed by atoms with Crippen molar-refractivity contribution in [2.45, 2.75) is 31.4 Å². The predicted octanol–water partition coefficient (Wildman–Crippen LogP) is -0.0636. The molecule has 2 fully saturated rings. The zero-order valence-corrected chi connectivity index (χ0v) is 11.3. The standard InChI is InChI=1S/C13H24N2O3/c1-14(2)8-13(17)15-6-7-18-9-11(15)10-4-3-5-12(10)16/h10-12,16H,3-9H2,1-2H3/t10-,11-,12-/m1/s1. The van der Waals surface area contributed by atoms with Gasteiger partial charge in [0.2, 0.25) is 5.91 Å². The van der Waals surface area contributed by atoms with Gasteiger partial charge in [0.05, 0.1) is 31.9 Å². The molecule has 1 saturated heterocycles. The van der Waals surface area contributed by atoms with E-state index in [2.05, 4.69) is 0 Å². The fourth-order valence-electron chi connectivity index (χ4n) is 3.07. The number of amides is 1. The lowest BCUT2D eigenvalue weighted by molar-refractivity contribution is -0.144. The largest absolute Gasteiger partial charge is 0.393 e. The zero-order valence-electron chi connectivity index (χ0n) is 11.3. The first-order chi connectivity index (χ1) is 8.59. The number of aliphatic hydroxyl groups is 1. The summed E-state index contributed by atoms with van der Waals surface area (Å²) in [5.41, 5.74) is 0. The minimum atomic E-state index is -0.272. The Morgan fingerprint density at radius 3 is 2.83 bits per heavy atom. The molecule has 0 unspecified atom stereocenters. The van der Waals surface area contributed by atoms with Gasteiger partial charge >= 0.3 is 0 Å². The number of ether oxygens (including phenoxy) is 1. The van der Waals surface area contributed by atoms with Gasteiger partial charge in [0.1, 0.15) is 0 Å². The van der Waals surface area contributed by atoms with Crippen molar-refractivity contribution in [1.82, 2.24) is 9.80 Å². The summed E-state index contributed by atoms with van der Waals surface area (Å²) in [6.45, 7) is 2.26. The van der Waals surface area contributed by atoms with Crippen LogP contribution in [-0.4, -0.2) is 73.4 Å². The Bertz CT molecular complexity index is 296. The third-order valence-electron chi connectivity index (χ3n) is 3.96. The number of morpholine rings is 1. The van der Waals surface area contributed by atoms with E-state index < -0.39 is 0 Å². The molecule has 5 heteroatoms. The van der Waals surface area contributed by atoms with Gasteiger partial charge in [-0.2, -0.15) is 0 Å². The second-order valence-corrected chi connectivity index (χ2v) is 5.63. The molecule has 1 heterocycles. The third-order valence-corrected chi connectivity index (χ3v) is 3.96. The molecule has 0 aromatic carbocycles. The van der Waals surface area contributed by atoms with Gasteiger partial charge in [0.15, 0.2) is 0 Å². The molecular weight excluding hydrogens is 232 g/mol. The molecule has 0 spiro atoms. The molecule has 2 aliphatic rings. The van der Waals surface area contributed by atoms with Crippen molar-refractivity contribution < 1.29 is 14.6 Å². The molecule has 1 aliphatic heterocycles. The summed E-state index contributed by atoms with van der Waals surface area (Å²) in [5, 5.41) is 10.0. The molecule has 2 rings (SSSR count). The highest BCUT2D eigenvalue weighted by Gasteiger charge is 2.39. The number of likely N-dealkylation sites (N-methyl/N-ethyl adjacent to an activating group) is 1. The number of carbonyl (C=O) groups is 1. The molecule has 1 saturated carbocycles. The lowest BCUT2D eigenvalue weighted by atomic mass is 9.94. The van der Waals surface area contributed by atoms with Gasteiger partial charge in [-0.1, -0.05) is 6.42 Å². The van der Waals surface area contributed by atoms with Crippen LogP contribution in [0, 0.1) is 5.92 Å². The average molecular weight is 256 g/mol. The second kappa shape index (κ2) is 5.99. The summed E-state index contributed by atoms with van der Waals surface area (Å²) in [7, 11) is 3.80. The molecule has 104 valence electrons. The van der Waals surface area contributed by atoms with Crippen LogP contribution < -0.4 is 0 Å². The Hall–Kier alpha value is -0.650. The van der Waals surface area contributed by atoms with Crippen LogP contribution in [0.5, 0.6) is 0 Å². The molecule has 1 amide bonds. The summed E-state index contributed by atoms with van der Waals surface area (Å²) in [5.74, 6) is 0.337. The van der Waals surface area contributed by atoms with Crippen LogP contribution in [0.15, 0.2) is 0 Å². The topological polar surface area (TPSA) is 53.0 Å². The van der Waals surface area contributed by atoms with E-state index in [9.17, 15) is 9.90 Å². The van der Waals surface area contributed by atoms with Crippen LogP contribution in [0.3, 0.4) is 0 Å². The van der Waals surface area contributed by atoms with E-state index in [4.69, 9.17) is 4.74 Å². The number of aliphatic hydroxyl groups excluding tert-OH is 1. The maximum Gasteiger partial charge on any atom is 0.237 e. The van der Waals surface area contributed by atoms with E-state index in [0.717, 1.165) is 19.3 Å². The van der Waals surface area contributed by atoms with Crippen LogP contribution in [-0.2, 0) is 9.53 Å². The first-order valence-corrected chi connectivity index (χ1v) is 6.79. The van der Waals surface area contributed by atoms with Crippen molar-refractivity contribution in [3.8, 4) is 0 Å². The molecule has 5 nitrogen and oxygen atoms in total. The molecule has 3 atom stereocenters. The summed E-state index contributed by atoms with van der Waals surface area (Å²) in [6, 6.07) is 0.0590. The van der Waals surface area contributed by atoms with E-state index in [1.807, 2.05) is 23.9 Å². The summed E-state index contributed by atoms with van der Waals surface area (Å²) in [6.07, 6.45) is 2.64. The Kier molecular flexibility index (Phi) is 4.59. The number of carbonyl (C=O) groups excluding carboxylic acids is 1. The van der Waals surface area contributed by atoms with Gasteiger partial charge in [0, 0.05) is 12.5 Å². The molecular formula is C13H24N2O3. The van der Waals surface area contributed by atoms with Crippen LogP contribution >= 0.6 is 0 Å².